The van der Waals surface area contributed by atoms with Crippen molar-refractivity contribution < 1.29 is 14.3 Å². The van der Waals surface area contributed by atoms with Gasteiger partial charge in [0.1, 0.15) is 11.4 Å². The number of carbonyl (C=O) groups excluding carboxylic acids is 2. The third-order valence-corrected chi connectivity index (χ3v) is 8.62. The number of Topliss-reactive ketones (excluding diaryl/α,β-unsaturated/α-hetero) is 1. The highest BCUT2D eigenvalue weighted by Crippen LogP contribution is 2.63. The molecule has 0 aromatic rings. The lowest BCUT2D eigenvalue weighted by Crippen LogP contribution is -2.54. The molecule has 0 aliphatic heterocycles. The maximum atomic E-state index is 13.1. The van der Waals surface area contributed by atoms with Gasteiger partial charge in [0.25, 0.3) is 0 Å². The average molecular weight is 357 g/mol. The van der Waals surface area contributed by atoms with Crippen LogP contribution in [0.4, 0.5) is 0 Å². The molecule has 4 rings (SSSR count). The van der Waals surface area contributed by atoms with Gasteiger partial charge in [0.15, 0.2) is 0 Å². The van der Waals surface area contributed by atoms with E-state index in [1.807, 2.05) is 0 Å². The summed E-state index contributed by atoms with van der Waals surface area (Å²) >= 11 is 0. The number of fused-ring (bicyclic) bond motifs is 5. The first-order chi connectivity index (χ1) is 12.3. The quantitative estimate of drug-likeness (QED) is 0.657. The first-order valence-corrected chi connectivity index (χ1v) is 10.4. The second-order valence-electron chi connectivity index (χ2n) is 9.89. The van der Waals surface area contributed by atoms with E-state index in [2.05, 4.69) is 19.9 Å². The smallest absolute Gasteiger partial charge is 0.303 e. The van der Waals surface area contributed by atoms with Crippen LogP contribution >= 0.6 is 0 Å². The summed E-state index contributed by atoms with van der Waals surface area (Å²) in [7, 11) is 0. The minimum atomic E-state index is -0.399. The molecule has 0 amide bonds. The Morgan fingerprint density at radius 3 is 2.58 bits per heavy atom. The zero-order valence-corrected chi connectivity index (χ0v) is 16.3. The third kappa shape index (κ3) is 2.53. The fourth-order valence-corrected chi connectivity index (χ4v) is 7.47. The fourth-order valence-electron chi connectivity index (χ4n) is 7.47. The molecule has 4 aliphatic rings. The molecule has 0 bridgehead atoms. The molecule has 4 saturated carbocycles. The van der Waals surface area contributed by atoms with Crippen molar-refractivity contribution in [2.75, 3.05) is 0 Å². The largest absolute Gasteiger partial charge is 0.460 e. The van der Waals surface area contributed by atoms with Crippen LogP contribution in [0.15, 0.2) is 0 Å². The molecule has 142 valence electrons. The Morgan fingerprint density at radius 2 is 1.88 bits per heavy atom. The van der Waals surface area contributed by atoms with Crippen LogP contribution in [0, 0.1) is 52.3 Å². The standard InChI is InChI=1S/C22H31NO3/c1-13(24)26-21(2)9-8-16-14(11-21)4-6-17-18(16)10-20(25)22(3)15(12-23)5-7-19(17)22/h14-19H,4-11H2,1-3H3/t14-,15-,16+,17-,18-,19+,21-,22-/m1/s1. The van der Waals surface area contributed by atoms with E-state index in [-0.39, 0.29) is 17.5 Å². The van der Waals surface area contributed by atoms with Gasteiger partial charge in [0, 0.05) is 18.8 Å². The van der Waals surface area contributed by atoms with E-state index in [4.69, 9.17) is 4.74 Å². The van der Waals surface area contributed by atoms with Crippen molar-refractivity contribution >= 4 is 11.8 Å². The minimum Gasteiger partial charge on any atom is -0.460 e. The van der Waals surface area contributed by atoms with Gasteiger partial charge in [-0.1, -0.05) is 6.92 Å². The second-order valence-corrected chi connectivity index (χ2v) is 9.89. The minimum absolute atomic E-state index is 0.0858. The SMILES string of the molecule is CC(=O)O[C@]1(C)CC[C@H]2[C@H](CC[C@@H]3[C@@H]2CC(=O)[C@]2(C)[C@@H](C#N)CC[C@@H]32)C1. The summed E-state index contributed by atoms with van der Waals surface area (Å²) in [6, 6.07) is 2.45. The molecule has 4 heteroatoms. The summed E-state index contributed by atoms with van der Waals surface area (Å²) in [6.07, 6.45) is 7.88. The normalized spacial score (nSPS) is 50.2. The van der Waals surface area contributed by atoms with E-state index < -0.39 is 5.41 Å². The lowest BCUT2D eigenvalue weighted by Gasteiger charge is -2.56. The zero-order valence-electron chi connectivity index (χ0n) is 16.3. The first-order valence-electron chi connectivity index (χ1n) is 10.4. The van der Waals surface area contributed by atoms with Gasteiger partial charge in [-0.25, -0.2) is 0 Å². The molecular formula is C22H31NO3. The molecule has 4 fully saturated rings. The van der Waals surface area contributed by atoms with Crippen molar-refractivity contribution in [2.24, 2.45) is 40.9 Å². The molecule has 0 spiro atoms. The highest BCUT2D eigenvalue weighted by molar-refractivity contribution is 5.87. The second kappa shape index (κ2) is 6.08. The van der Waals surface area contributed by atoms with Gasteiger partial charge in [-0.15, -0.1) is 0 Å². The number of hydrogen-bond acceptors (Lipinski definition) is 4. The van der Waals surface area contributed by atoms with Crippen molar-refractivity contribution in [3.63, 3.8) is 0 Å². The first kappa shape index (κ1) is 18.0. The van der Waals surface area contributed by atoms with Crippen LogP contribution in [0.25, 0.3) is 0 Å². The average Bonchev–Trinajstić information content (AvgIpc) is 2.92. The van der Waals surface area contributed by atoms with Crippen molar-refractivity contribution in [2.45, 2.75) is 77.7 Å². The number of esters is 1. The van der Waals surface area contributed by atoms with E-state index in [9.17, 15) is 14.9 Å². The van der Waals surface area contributed by atoms with Crippen LogP contribution in [0.1, 0.15) is 72.1 Å². The number of ketones is 1. The van der Waals surface area contributed by atoms with Crippen molar-refractivity contribution in [3.05, 3.63) is 0 Å². The zero-order chi connectivity index (χ0) is 18.7. The highest BCUT2D eigenvalue weighted by atomic mass is 16.6. The van der Waals surface area contributed by atoms with Crippen LogP contribution in [0.3, 0.4) is 0 Å². The lowest BCUT2D eigenvalue weighted by molar-refractivity contribution is -0.167. The van der Waals surface area contributed by atoms with Gasteiger partial charge in [-0.2, -0.15) is 5.26 Å². The third-order valence-electron chi connectivity index (χ3n) is 8.62. The van der Waals surface area contributed by atoms with E-state index >= 15 is 0 Å². The number of ether oxygens (including phenoxy) is 1. The molecule has 0 unspecified atom stereocenters. The van der Waals surface area contributed by atoms with Crippen LogP contribution < -0.4 is 0 Å². The van der Waals surface area contributed by atoms with Crippen LogP contribution in [-0.2, 0) is 14.3 Å². The van der Waals surface area contributed by atoms with E-state index in [0.717, 1.165) is 32.1 Å². The highest BCUT2D eigenvalue weighted by Gasteiger charge is 2.61. The summed E-state index contributed by atoms with van der Waals surface area (Å²) in [4.78, 5) is 24.6. The van der Waals surface area contributed by atoms with Crippen molar-refractivity contribution in [1.29, 1.82) is 5.26 Å². The van der Waals surface area contributed by atoms with Crippen molar-refractivity contribution in [3.8, 4) is 6.07 Å². The maximum Gasteiger partial charge on any atom is 0.303 e. The molecule has 0 aromatic carbocycles. The molecule has 26 heavy (non-hydrogen) atoms. The Kier molecular flexibility index (Phi) is 4.21. The van der Waals surface area contributed by atoms with Crippen molar-refractivity contribution in [1.82, 2.24) is 0 Å². The Balaban J connectivity index is 1.55. The summed E-state index contributed by atoms with van der Waals surface area (Å²) in [5, 5.41) is 9.56. The van der Waals surface area contributed by atoms with Crippen LogP contribution in [0.2, 0.25) is 0 Å². The predicted octanol–water partition coefficient (Wildman–Crippen LogP) is 4.28. The summed E-state index contributed by atoms with van der Waals surface area (Å²) in [5.41, 5.74) is -0.726. The maximum absolute atomic E-state index is 13.1. The summed E-state index contributed by atoms with van der Waals surface area (Å²) < 4.78 is 5.66. The number of nitriles is 1. The number of hydrogen-bond donors (Lipinski definition) is 0. The molecule has 0 heterocycles. The molecule has 0 aromatic heterocycles. The molecule has 8 atom stereocenters. The Labute approximate surface area is 156 Å². The van der Waals surface area contributed by atoms with Gasteiger partial charge >= 0.3 is 5.97 Å². The van der Waals surface area contributed by atoms with E-state index in [1.165, 1.54) is 19.8 Å². The molecule has 4 aliphatic carbocycles. The van der Waals surface area contributed by atoms with Gasteiger partial charge in [-0.05, 0) is 81.5 Å². The van der Waals surface area contributed by atoms with Gasteiger partial charge in [0.05, 0.1) is 12.0 Å². The summed E-state index contributed by atoms with van der Waals surface area (Å²) in [5.74, 6) is 2.73. The van der Waals surface area contributed by atoms with Gasteiger partial charge < -0.3 is 4.74 Å². The predicted molar refractivity (Wildman–Crippen MR) is 96.8 cm³/mol. The molecule has 4 nitrogen and oxygen atoms in total. The number of nitrogens with zero attached hydrogens (tertiary/aromatic N) is 1. The van der Waals surface area contributed by atoms with Crippen LogP contribution in [-0.4, -0.2) is 17.4 Å². The topological polar surface area (TPSA) is 67.2 Å². The number of carbonyl (C=O) groups is 2. The van der Waals surface area contributed by atoms with E-state index in [0.29, 0.717) is 41.8 Å². The molecule has 0 N–H and O–H groups in total. The summed E-state index contributed by atoms with van der Waals surface area (Å²) in [6.45, 7) is 5.66. The lowest BCUT2D eigenvalue weighted by atomic mass is 9.48. The van der Waals surface area contributed by atoms with Crippen LogP contribution in [0.5, 0.6) is 0 Å². The Bertz CT molecular complexity index is 667. The number of rotatable bonds is 1. The fraction of sp³-hybridized carbons (Fsp3) is 0.864. The monoisotopic (exact) mass is 357 g/mol. The Morgan fingerprint density at radius 1 is 1.12 bits per heavy atom. The Hall–Kier alpha value is -1.37. The van der Waals surface area contributed by atoms with E-state index in [1.54, 1.807) is 0 Å². The molecule has 0 radical (unpaired) electrons. The molecular weight excluding hydrogens is 326 g/mol. The molecule has 0 saturated heterocycles. The van der Waals surface area contributed by atoms with Gasteiger partial charge in [0.2, 0.25) is 0 Å². The van der Waals surface area contributed by atoms with Gasteiger partial charge in [-0.3, -0.25) is 9.59 Å².